The highest BCUT2D eigenvalue weighted by Crippen LogP contribution is 2.12. The third-order valence-electron chi connectivity index (χ3n) is 1.59. The first-order chi connectivity index (χ1) is 5.26. The Morgan fingerprint density at radius 2 is 2.18 bits per heavy atom. The van der Waals surface area contributed by atoms with E-state index in [2.05, 4.69) is 24.7 Å². The maximum Gasteiger partial charge on any atom is 0.0397 e. The number of allylic oxidation sites excluding steroid dienone is 4. The average Bonchev–Trinajstić information content (AvgIpc) is 2.03. The summed E-state index contributed by atoms with van der Waals surface area (Å²) in [5, 5.41) is 0. The van der Waals surface area contributed by atoms with Gasteiger partial charge in [-0.1, -0.05) is 25.5 Å². The maximum absolute atomic E-state index is 3.90. The summed E-state index contributed by atoms with van der Waals surface area (Å²) in [6, 6.07) is 0. The van der Waals surface area contributed by atoms with Crippen LogP contribution in [0.25, 0.3) is 0 Å². The van der Waals surface area contributed by atoms with E-state index >= 15 is 0 Å². The zero-order chi connectivity index (χ0) is 8.69. The van der Waals surface area contributed by atoms with Crippen molar-refractivity contribution < 1.29 is 0 Å². The molecular formula is C10H17N. The second kappa shape index (κ2) is 5.90. The van der Waals surface area contributed by atoms with Crippen molar-refractivity contribution in [2.75, 3.05) is 0 Å². The van der Waals surface area contributed by atoms with Crippen LogP contribution in [-0.2, 0) is 0 Å². The van der Waals surface area contributed by atoms with E-state index in [9.17, 15) is 0 Å². The van der Waals surface area contributed by atoms with Gasteiger partial charge in [-0.2, -0.15) is 0 Å². The Bertz CT molecular complexity index is 175. The van der Waals surface area contributed by atoms with Crippen molar-refractivity contribution in [3.63, 3.8) is 0 Å². The van der Waals surface area contributed by atoms with Gasteiger partial charge in [0.15, 0.2) is 0 Å². The summed E-state index contributed by atoms with van der Waals surface area (Å²) in [6.07, 6.45) is 6.40. The van der Waals surface area contributed by atoms with Crippen molar-refractivity contribution in [3.05, 3.63) is 23.4 Å². The molecule has 1 heteroatoms. The molecule has 0 bridgehead atoms. The lowest BCUT2D eigenvalue weighted by atomic mass is 10.1. The summed E-state index contributed by atoms with van der Waals surface area (Å²) < 4.78 is 0. The fourth-order valence-electron chi connectivity index (χ4n) is 0.957. The van der Waals surface area contributed by atoms with E-state index in [0.29, 0.717) is 0 Å². The topological polar surface area (TPSA) is 12.4 Å². The van der Waals surface area contributed by atoms with Crippen LogP contribution >= 0.6 is 0 Å². The molecule has 11 heavy (non-hydrogen) atoms. The molecule has 0 radical (unpaired) electrons. The highest BCUT2D eigenvalue weighted by Gasteiger charge is 1.94. The molecule has 0 rings (SSSR count). The maximum atomic E-state index is 3.90. The van der Waals surface area contributed by atoms with Gasteiger partial charge in [0.1, 0.15) is 0 Å². The van der Waals surface area contributed by atoms with Gasteiger partial charge in [0, 0.05) is 5.70 Å². The Morgan fingerprint density at radius 1 is 1.55 bits per heavy atom. The van der Waals surface area contributed by atoms with E-state index in [-0.39, 0.29) is 0 Å². The van der Waals surface area contributed by atoms with Gasteiger partial charge >= 0.3 is 0 Å². The van der Waals surface area contributed by atoms with Gasteiger partial charge in [0.05, 0.1) is 0 Å². The summed E-state index contributed by atoms with van der Waals surface area (Å²) in [7, 11) is 0. The van der Waals surface area contributed by atoms with Crippen LogP contribution in [0.3, 0.4) is 0 Å². The van der Waals surface area contributed by atoms with E-state index in [1.165, 1.54) is 5.57 Å². The van der Waals surface area contributed by atoms with E-state index in [4.69, 9.17) is 0 Å². The molecule has 0 saturated heterocycles. The number of nitrogens with zero attached hydrogens (tertiary/aromatic N) is 1. The number of rotatable bonds is 4. The van der Waals surface area contributed by atoms with Crippen molar-refractivity contribution >= 4 is 6.72 Å². The molecule has 62 valence electrons. The molecule has 0 heterocycles. The predicted molar refractivity (Wildman–Crippen MR) is 52.0 cm³/mol. The molecule has 0 aliphatic rings. The quantitative estimate of drug-likeness (QED) is 0.431. The van der Waals surface area contributed by atoms with Crippen LogP contribution in [0.5, 0.6) is 0 Å². The van der Waals surface area contributed by atoms with Crippen molar-refractivity contribution in [2.24, 2.45) is 4.99 Å². The van der Waals surface area contributed by atoms with Gasteiger partial charge in [-0.05, 0) is 32.6 Å². The Morgan fingerprint density at radius 3 is 2.55 bits per heavy atom. The Kier molecular flexibility index (Phi) is 5.44. The van der Waals surface area contributed by atoms with Crippen LogP contribution in [0.1, 0.15) is 33.6 Å². The van der Waals surface area contributed by atoms with Crippen molar-refractivity contribution in [1.29, 1.82) is 0 Å². The predicted octanol–water partition coefficient (Wildman–Crippen LogP) is 3.34. The van der Waals surface area contributed by atoms with Crippen molar-refractivity contribution in [3.8, 4) is 0 Å². The average molecular weight is 151 g/mol. The molecule has 0 amide bonds. The van der Waals surface area contributed by atoms with Gasteiger partial charge in [-0.25, -0.2) is 0 Å². The smallest absolute Gasteiger partial charge is 0.0397 e. The standard InChI is InChI=1S/C10H17N/c1-5-7-10(8-6-2)9(3)11-4/h5,7H,4,6,8H2,1-3H3. The molecule has 0 N–H and O–H groups in total. The normalized spacial score (nSPS) is 13.4. The Hall–Kier alpha value is -0.850. The molecule has 0 aromatic carbocycles. The SMILES string of the molecule is C=NC(C)=C(C=CC)CCC. The molecule has 0 aliphatic heterocycles. The Balaban J connectivity index is 4.42. The zero-order valence-electron chi connectivity index (χ0n) is 7.72. The van der Waals surface area contributed by atoms with E-state index < -0.39 is 0 Å². The van der Waals surface area contributed by atoms with E-state index in [0.717, 1.165) is 18.5 Å². The molecule has 0 unspecified atom stereocenters. The summed E-state index contributed by atoms with van der Waals surface area (Å²) >= 11 is 0. The third kappa shape index (κ3) is 3.76. The minimum atomic E-state index is 1.05. The largest absolute Gasteiger partial charge is 0.269 e. The van der Waals surface area contributed by atoms with E-state index in [1.54, 1.807) is 0 Å². The highest BCUT2D eigenvalue weighted by molar-refractivity contribution is 5.33. The molecule has 0 fully saturated rings. The van der Waals surface area contributed by atoms with Crippen LogP contribution in [-0.4, -0.2) is 6.72 Å². The molecule has 0 aromatic rings. The summed E-state index contributed by atoms with van der Waals surface area (Å²) in [4.78, 5) is 3.90. The van der Waals surface area contributed by atoms with Crippen molar-refractivity contribution in [1.82, 2.24) is 0 Å². The van der Waals surface area contributed by atoms with Gasteiger partial charge in [-0.3, -0.25) is 4.99 Å². The molecular weight excluding hydrogens is 134 g/mol. The molecule has 0 saturated carbocycles. The first kappa shape index (κ1) is 10.2. The number of hydrogen-bond donors (Lipinski definition) is 0. The first-order valence-corrected chi connectivity index (χ1v) is 4.05. The van der Waals surface area contributed by atoms with E-state index in [1.807, 2.05) is 19.9 Å². The second-order valence-electron chi connectivity index (χ2n) is 2.52. The second-order valence-corrected chi connectivity index (χ2v) is 2.52. The van der Waals surface area contributed by atoms with Crippen molar-refractivity contribution in [2.45, 2.75) is 33.6 Å². The molecule has 0 aromatic heterocycles. The minimum absolute atomic E-state index is 1.05. The van der Waals surface area contributed by atoms with Crippen LogP contribution in [0.15, 0.2) is 28.4 Å². The number of hydrogen-bond acceptors (Lipinski definition) is 1. The summed E-state index contributed by atoms with van der Waals surface area (Å²) in [5.41, 5.74) is 2.34. The summed E-state index contributed by atoms with van der Waals surface area (Å²) in [6.45, 7) is 9.69. The lowest BCUT2D eigenvalue weighted by Gasteiger charge is -2.01. The molecule has 1 nitrogen and oxygen atoms in total. The lowest BCUT2D eigenvalue weighted by Crippen LogP contribution is -1.82. The monoisotopic (exact) mass is 151 g/mol. The number of aliphatic imine (C=N–C) groups is 1. The first-order valence-electron chi connectivity index (χ1n) is 4.05. The highest BCUT2D eigenvalue weighted by atomic mass is 14.7. The van der Waals surface area contributed by atoms with Crippen LogP contribution < -0.4 is 0 Å². The molecule has 0 spiro atoms. The third-order valence-corrected chi connectivity index (χ3v) is 1.59. The van der Waals surface area contributed by atoms with Gasteiger partial charge in [-0.15, -0.1) is 0 Å². The van der Waals surface area contributed by atoms with Gasteiger partial charge in [0.2, 0.25) is 0 Å². The fourth-order valence-corrected chi connectivity index (χ4v) is 0.957. The molecule has 0 atom stereocenters. The fraction of sp³-hybridized carbons (Fsp3) is 0.500. The summed E-state index contributed by atoms with van der Waals surface area (Å²) in [5.74, 6) is 0. The van der Waals surface area contributed by atoms with Gasteiger partial charge < -0.3 is 0 Å². The molecule has 0 aliphatic carbocycles. The zero-order valence-corrected chi connectivity index (χ0v) is 7.72. The lowest BCUT2D eigenvalue weighted by molar-refractivity contribution is 0.909. The minimum Gasteiger partial charge on any atom is -0.269 e. The Labute approximate surface area is 69.5 Å². The van der Waals surface area contributed by atoms with Crippen LogP contribution in [0.4, 0.5) is 0 Å². The van der Waals surface area contributed by atoms with Crippen LogP contribution in [0, 0.1) is 0 Å². The van der Waals surface area contributed by atoms with Crippen LogP contribution in [0.2, 0.25) is 0 Å². The van der Waals surface area contributed by atoms with Gasteiger partial charge in [0.25, 0.3) is 0 Å².